The number of carbonyl (C=O) groups excluding carboxylic acids is 1. The Morgan fingerprint density at radius 1 is 1.42 bits per heavy atom. The Balaban J connectivity index is 2.26. The first kappa shape index (κ1) is 20.0. The number of hydrogen-bond donors (Lipinski definition) is 3. The summed E-state index contributed by atoms with van der Waals surface area (Å²) in [4.78, 5) is 24.9. The second-order valence-electron chi connectivity index (χ2n) is 7.03. The lowest BCUT2D eigenvalue weighted by atomic mass is 9.97. The van der Waals surface area contributed by atoms with Gasteiger partial charge in [0.2, 0.25) is 0 Å². The maximum absolute atomic E-state index is 12.0. The summed E-state index contributed by atoms with van der Waals surface area (Å²) < 4.78 is 5.19. The van der Waals surface area contributed by atoms with Crippen molar-refractivity contribution in [3.05, 3.63) is 28.2 Å². The summed E-state index contributed by atoms with van der Waals surface area (Å²) in [5.41, 5.74) is 2.09. The zero-order valence-electron chi connectivity index (χ0n) is 15.5. The van der Waals surface area contributed by atoms with Gasteiger partial charge in [-0.3, -0.25) is 5.10 Å². The van der Waals surface area contributed by atoms with Gasteiger partial charge in [-0.15, -0.1) is 11.3 Å². The molecule has 0 spiro atoms. The van der Waals surface area contributed by atoms with Crippen LogP contribution in [-0.4, -0.2) is 39.0 Å². The van der Waals surface area contributed by atoms with Crippen molar-refractivity contribution in [3.63, 3.8) is 0 Å². The van der Waals surface area contributed by atoms with Crippen LogP contribution in [0.4, 0.5) is 4.79 Å². The maximum atomic E-state index is 12.0. The van der Waals surface area contributed by atoms with Crippen LogP contribution < -0.4 is 5.32 Å². The van der Waals surface area contributed by atoms with Gasteiger partial charge >= 0.3 is 12.1 Å². The van der Waals surface area contributed by atoms with Gasteiger partial charge in [0.15, 0.2) is 0 Å². The zero-order valence-corrected chi connectivity index (χ0v) is 16.3. The third-order valence-electron chi connectivity index (χ3n) is 3.66. The molecule has 0 aliphatic heterocycles. The molecule has 2 heterocycles. The lowest BCUT2D eigenvalue weighted by Crippen LogP contribution is -2.44. The summed E-state index contributed by atoms with van der Waals surface area (Å²) in [6.45, 7) is 7.28. The van der Waals surface area contributed by atoms with E-state index in [0.29, 0.717) is 0 Å². The number of aromatic nitrogens is 2. The van der Waals surface area contributed by atoms with Crippen LogP contribution in [0.5, 0.6) is 0 Å². The van der Waals surface area contributed by atoms with Gasteiger partial charge in [-0.05, 0) is 43.7 Å². The molecule has 0 aliphatic carbocycles. The molecule has 0 saturated carbocycles. The number of hydrogen-bond acceptors (Lipinski definition) is 5. The number of nitrogens with zero attached hydrogens (tertiary/aromatic N) is 1. The first-order chi connectivity index (χ1) is 12.2. The van der Waals surface area contributed by atoms with Crippen LogP contribution in [0.1, 0.15) is 44.6 Å². The monoisotopic (exact) mass is 379 g/mol. The van der Waals surface area contributed by atoms with E-state index < -0.39 is 23.7 Å². The fourth-order valence-corrected chi connectivity index (χ4v) is 3.77. The molecule has 3 N–H and O–H groups in total. The molecule has 2 aromatic heterocycles. The fraction of sp³-hybridized carbons (Fsp3) is 0.500. The van der Waals surface area contributed by atoms with Crippen LogP contribution in [-0.2, 0) is 22.4 Å². The molecule has 1 amide bonds. The molecule has 7 nitrogen and oxygen atoms in total. The van der Waals surface area contributed by atoms with E-state index in [1.165, 1.54) is 0 Å². The number of nitrogens with one attached hydrogen (secondary N) is 2. The number of carboxylic acid groups (broad SMARTS) is 1. The number of H-pyrrole nitrogens is 1. The van der Waals surface area contributed by atoms with Crippen LogP contribution in [0.2, 0.25) is 0 Å². The SMILES string of the molecule is CCCc1scc(-c2cn[nH]c2)c1CC(NC(=O)OC(C)(C)C)C(=O)O. The van der Waals surface area contributed by atoms with Crippen molar-refractivity contribution in [2.24, 2.45) is 0 Å². The highest BCUT2D eigenvalue weighted by molar-refractivity contribution is 7.10. The number of aliphatic carboxylic acids is 1. The van der Waals surface area contributed by atoms with E-state index in [1.807, 2.05) is 5.38 Å². The lowest BCUT2D eigenvalue weighted by Gasteiger charge is -2.22. The van der Waals surface area contributed by atoms with Crippen LogP contribution in [0.15, 0.2) is 17.8 Å². The van der Waals surface area contributed by atoms with E-state index in [0.717, 1.165) is 34.4 Å². The Morgan fingerprint density at radius 3 is 2.69 bits per heavy atom. The van der Waals surface area contributed by atoms with E-state index in [2.05, 4.69) is 22.4 Å². The Labute approximate surface area is 156 Å². The zero-order chi connectivity index (χ0) is 19.3. The summed E-state index contributed by atoms with van der Waals surface area (Å²) in [6.07, 6.45) is 4.75. The fourth-order valence-electron chi connectivity index (χ4n) is 2.58. The number of amides is 1. The second-order valence-corrected chi connectivity index (χ2v) is 7.99. The van der Waals surface area contributed by atoms with Crippen LogP contribution in [0, 0.1) is 0 Å². The van der Waals surface area contributed by atoms with Gasteiger partial charge in [0, 0.05) is 23.1 Å². The van der Waals surface area contributed by atoms with Gasteiger partial charge < -0.3 is 15.2 Å². The van der Waals surface area contributed by atoms with Gasteiger partial charge in [0.1, 0.15) is 11.6 Å². The molecule has 142 valence electrons. The average molecular weight is 379 g/mol. The lowest BCUT2D eigenvalue weighted by molar-refractivity contribution is -0.139. The third-order valence-corrected chi connectivity index (χ3v) is 4.75. The van der Waals surface area contributed by atoms with Crippen molar-refractivity contribution in [1.82, 2.24) is 15.5 Å². The molecule has 1 unspecified atom stereocenters. The van der Waals surface area contributed by atoms with Crippen LogP contribution >= 0.6 is 11.3 Å². The number of carbonyl (C=O) groups is 2. The van der Waals surface area contributed by atoms with Gasteiger partial charge in [0.25, 0.3) is 0 Å². The summed E-state index contributed by atoms with van der Waals surface area (Å²) in [6, 6.07) is -1.07. The van der Waals surface area contributed by atoms with Gasteiger partial charge in [-0.2, -0.15) is 5.10 Å². The van der Waals surface area contributed by atoms with Gasteiger partial charge in [-0.1, -0.05) is 13.3 Å². The molecule has 8 heteroatoms. The number of aromatic amines is 1. The highest BCUT2D eigenvalue weighted by Crippen LogP contribution is 2.33. The number of ether oxygens (including phenoxy) is 1. The van der Waals surface area contributed by atoms with E-state index in [9.17, 15) is 14.7 Å². The number of thiophene rings is 1. The molecule has 2 rings (SSSR count). The summed E-state index contributed by atoms with van der Waals surface area (Å²) in [5, 5.41) is 20.8. The summed E-state index contributed by atoms with van der Waals surface area (Å²) >= 11 is 1.60. The number of carboxylic acids is 1. The minimum atomic E-state index is -1.09. The second kappa shape index (κ2) is 8.35. The molecule has 0 saturated heterocycles. The van der Waals surface area contributed by atoms with Crippen molar-refractivity contribution in [2.45, 2.75) is 58.6 Å². The predicted molar refractivity (Wildman–Crippen MR) is 100 cm³/mol. The Morgan fingerprint density at radius 2 is 2.15 bits per heavy atom. The normalized spacial score (nSPS) is 12.6. The molecular weight excluding hydrogens is 354 g/mol. The molecule has 0 radical (unpaired) electrons. The van der Waals surface area contributed by atoms with Gasteiger partial charge in [0.05, 0.1) is 6.20 Å². The minimum absolute atomic E-state index is 0.188. The largest absolute Gasteiger partial charge is 0.480 e. The molecule has 0 bridgehead atoms. The van der Waals surface area contributed by atoms with E-state index in [4.69, 9.17) is 4.74 Å². The predicted octanol–water partition coefficient (Wildman–Crippen LogP) is 3.61. The highest BCUT2D eigenvalue weighted by Gasteiger charge is 2.27. The Bertz CT molecular complexity index is 747. The van der Waals surface area contributed by atoms with Crippen molar-refractivity contribution < 1.29 is 19.4 Å². The van der Waals surface area contributed by atoms with Crippen molar-refractivity contribution >= 4 is 23.4 Å². The van der Waals surface area contributed by atoms with Crippen molar-refractivity contribution in [3.8, 4) is 11.1 Å². The number of rotatable bonds is 7. The van der Waals surface area contributed by atoms with E-state index >= 15 is 0 Å². The number of alkyl carbamates (subject to hydrolysis) is 1. The third kappa shape index (κ3) is 5.32. The topological polar surface area (TPSA) is 104 Å². The molecular formula is C18H25N3O4S. The molecule has 0 aromatic carbocycles. The van der Waals surface area contributed by atoms with Crippen molar-refractivity contribution in [2.75, 3.05) is 0 Å². The summed E-state index contributed by atoms with van der Waals surface area (Å²) in [7, 11) is 0. The molecule has 26 heavy (non-hydrogen) atoms. The average Bonchev–Trinajstić information content (AvgIpc) is 3.15. The van der Waals surface area contributed by atoms with Crippen molar-refractivity contribution in [1.29, 1.82) is 0 Å². The van der Waals surface area contributed by atoms with Gasteiger partial charge in [-0.25, -0.2) is 9.59 Å². The Hall–Kier alpha value is -2.35. The highest BCUT2D eigenvalue weighted by atomic mass is 32.1. The first-order valence-electron chi connectivity index (χ1n) is 8.52. The Kier molecular flexibility index (Phi) is 6.42. The number of aryl methyl sites for hydroxylation is 1. The standard InChI is InChI=1S/C18H25N3O4S/c1-5-6-15-12(13(10-26-15)11-8-19-20-9-11)7-14(16(22)23)21-17(24)25-18(2,3)4/h8-10,14H,5-7H2,1-4H3,(H,19,20)(H,21,24)(H,22,23). The van der Waals surface area contributed by atoms with Crippen LogP contribution in [0.3, 0.4) is 0 Å². The molecule has 0 fully saturated rings. The quantitative estimate of drug-likeness (QED) is 0.682. The van der Waals surface area contributed by atoms with Crippen LogP contribution in [0.25, 0.3) is 11.1 Å². The van der Waals surface area contributed by atoms with E-state index in [1.54, 1.807) is 44.5 Å². The molecule has 0 aliphatic rings. The minimum Gasteiger partial charge on any atom is -0.480 e. The molecule has 2 aromatic rings. The smallest absolute Gasteiger partial charge is 0.408 e. The molecule has 1 atom stereocenters. The summed E-state index contributed by atoms with van der Waals surface area (Å²) in [5.74, 6) is -1.09. The first-order valence-corrected chi connectivity index (χ1v) is 9.40. The maximum Gasteiger partial charge on any atom is 0.408 e. The van der Waals surface area contributed by atoms with E-state index in [-0.39, 0.29) is 6.42 Å².